The van der Waals surface area contributed by atoms with Gasteiger partial charge >= 0.3 is 11.9 Å². The third-order valence-corrected chi connectivity index (χ3v) is 3.97. The second-order valence-corrected chi connectivity index (χ2v) is 6.22. The van der Waals surface area contributed by atoms with E-state index < -0.39 is 63.7 Å². The summed E-state index contributed by atoms with van der Waals surface area (Å²) in [6.07, 6.45) is -0.821. The van der Waals surface area contributed by atoms with Crippen LogP contribution in [-0.2, 0) is 22.4 Å². The SMILES string of the molecule is NC(Cc1ccc([N+](=O)[O-])cc1)C(=O)O.O=C(O)C(Cc1ccc(F)c(F)c1F)N(F)F. The summed E-state index contributed by atoms with van der Waals surface area (Å²) >= 11 is 0. The maximum absolute atomic E-state index is 13.1. The minimum Gasteiger partial charge on any atom is -0.480 e. The molecule has 0 aliphatic rings. The van der Waals surface area contributed by atoms with Gasteiger partial charge in [-0.2, -0.15) is 0 Å². The fourth-order valence-electron chi connectivity index (χ4n) is 2.27. The minimum atomic E-state index is -2.32. The lowest BCUT2D eigenvalue weighted by Crippen LogP contribution is -2.33. The van der Waals surface area contributed by atoms with Gasteiger partial charge in [-0.25, -0.2) is 13.2 Å². The molecular weight excluding hydrogens is 449 g/mol. The van der Waals surface area contributed by atoms with Crippen molar-refractivity contribution in [3.63, 3.8) is 0 Å². The quantitative estimate of drug-likeness (QED) is 0.177. The topological polar surface area (TPSA) is 147 Å². The summed E-state index contributed by atoms with van der Waals surface area (Å²) in [5.74, 6) is -7.96. The second-order valence-electron chi connectivity index (χ2n) is 6.22. The van der Waals surface area contributed by atoms with Crippen molar-refractivity contribution < 1.29 is 46.9 Å². The summed E-state index contributed by atoms with van der Waals surface area (Å²) in [6, 6.07) is 3.59. The molecule has 2 atom stereocenters. The molecule has 0 fully saturated rings. The van der Waals surface area contributed by atoms with Crippen LogP contribution < -0.4 is 5.73 Å². The number of rotatable bonds is 8. The molecule has 9 nitrogen and oxygen atoms in total. The first kappa shape index (κ1) is 26.4. The van der Waals surface area contributed by atoms with Gasteiger partial charge in [-0.3, -0.25) is 19.7 Å². The monoisotopic (exact) mass is 465 g/mol. The zero-order chi connectivity index (χ0) is 24.6. The van der Waals surface area contributed by atoms with E-state index in [4.69, 9.17) is 15.9 Å². The van der Waals surface area contributed by atoms with E-state index in [1.54, 1.807) is 0 Å². The Balaban J connectivity index is 0.000000323. The van der Waals surface area contributed by atoms with Gasteiger partial charge in [0.25, 0.3) is 5.69 Å². The zero-order valence-electron chi connectivity index (χ0n) is 15.9. The Morgan fingerprint density at radius 3 is 1.97 bits per heavy atom. The van der Waals surface area contributed by atoms with Gasteiger partial charge in [0, 0.05) is 23.9 Å². The Labute approximate surface area is 176 Å². The molecule has 174 valence electrons. The Hall–Kier alpha value is -3.65. The Kier molecular flexibility index (Phi) is 9.62. The number of non-ortho nitro benzene ring substituents is 1. The highest BCUT2D eigenvalue weighted by Crippen LogP contribution is 2.19. The molecule has 0 bridgehead atoms. The molecule has 0 spiro atoms. The van der Waals surface area contributed by atoms with Crippen LogP contribution >= 0.6 is 0 Å². The number of halogens is 5. The summed E-state index contributed by atoms with van der Waals surface area (Å²) in [5.41, 5.74) is 5.31. The number of nitro groups is 1. The van der Waals surface area contributed by atoms with E-state index in [-0.39, 0.29) is 12.1 Å². The minimum absolute atomic E-state index is 0.0253. The van der Waals surface area contributed by atoms with Gasteiger partial charge in [0.05, 0.1) is 4.92 Å². The molecule has 0 aliphatic heterocycles. The maximum Gasteiger partial charge on any atom is 0.326 e. The molecule has 14 heteroatoms. The van der Waals surface area contributed by atoms with Crippen molar-refractivity contribution in [2.75, 3.05) is 0 Å². The van der Waals surface area contributed by atoms with Gasteiger partial charge in [-0.15, -0.1) is 8.96 Å². The Morgan fingerprint density at radius 2 is 1.53 bits per heavy atom. The number of nitro benzene ring substituents is 1. The van der Waals surface area contributed by atoms with Crippen molar-refractivity contribution in [2.45, 2.75) is 24.9 Å². The lowest BCUT2D eigenvalue weighted by Gasteiger charge is -2.12. The third-order valence-electron chi connectivity index (χ3n) is 3.97. The highest BCUT2D eigenvalue weighted by molar-refractivity contribution is 5.74. The van der Waals surface area contributed by atoms with E-state index in [1.165, 1.54) is 24.3 Å². The average molecular weight is 465 g/mol. The van der Waals surface area contributed by atoms with Crippen LogP contribution in [0.1, 0.15) is 11.1 Å². The molecule has 2 rings (SSSR count). The summed E-state index contributed by atoms with van der Waals surface area (Å²) in [6.45, 7) is 0. The van der Waals surface area contributed by atoms with Crippen LogP contribution in [0.2, 0.25) is 0 Å². The summed E-state index contributed by atoms with van der Waals surface area (Å²) in [7, 11) is 0. The fourth-order valence-corrected chi connectivity index (χ4v) is 2.27. The number of hydrogen-bond donors (Lipinski definition) is 3. The highest BCUT2D eigenvalue weighted by Gasteiger charge is 2.29. The zero-order valence-corrected chi connectivity index (χ0v) is 15.9. The van der Waals surface area contributed by atoms with Gasteiger partial charge in [0.15, 0.2) is 23.5 Å². The second kappa shape index (κ2) is 11.7. The molecule has 0 amide bonds. The summed E-state index contributed by atoms with van der Waals surface area (Å²) in [5, 5.41) is 25.7. The molecule has 0 aromatic heterocycles. The van der Waals surface area contributed by atoms with E-state index in [1.807, 2.05) is 0 Å². The highest BCUT2D eigenvalue weighted by atomic mass is 19.4. The van der Waals surface area contributed by atoms with Crippen LogP contribution in [0.15, 0.2) is 36.4 Å². The molecule has 0 saturated carbocycles. The standard InChI is InChI=1S/C9H6F5NO2.C9H10N2O4/c10-5-2-1-4(7(11)8(5)12)3-6(9(16)17)15(13)14;10-8(9(12)13)5-6-1-3-7(4-2-6)11(14)15/h1-2,6H,3H2,(H,16,17);1-4,8H,5,10H2,(H,12,13). The molecule has 32 heavy (non-hydrogen) atoms. The number of nitrogens with two attached hydrogens (primary N) is 1. The molecule has 0 heterocycles. The van der Waals surface area contributed by atoms with Crippen LogP contribution in [0, 0.1) is 27.6 Å². The molecule has 2 aromatic rings. The number of hydrogen-bond acceptors (Lipinski definition) is 6. The smallest absolute Gasteiger partial charge is 0.326 e. The first-order valence-electron chi connectivity index (χ1n) is 8.52. The molecule has 0 saturated heterocycles. The van der Waals surface area contributed by atoms with Crippen molar-refractivity contribution in [2.24, 2.45) is 5.73 Å². The average Bonchev–Trinajstić information content (AvgIpc) is 2.71. The summed E-state index contributed by atoms with van der Waals surface area (Å²) < 4.78 is 62.6. The molecular formula is C18H16F5N3O6. The molecule has 2 aromatic carbocycles. The van der Waals surface area contributed by atoms with Crippen molar-refractivity contribution in [1.29, 1.82) is 0 Å². The first-order valence-corrected chi connectivity index (χ1v) is 8.52. The molecule has 2 unspecified atom stereocenters. The van der Waals surface area contributed by atoms with E-state index >= 15 is 0 Å². The van der Waals surface area contributed by atoms with Crippen LogP contribution in [0.25, 0.3) is 0 Å². The normalized spacial score (nSPS) is 12.5. The first-order chi connectivity index (χ1) is 14.8. The van der Waals surface area contributed by atoms with Gasteiger partial charge in [0.2, 0.25) is 0 Å². The lowest BCUT2D eigenvalue weighted by atomic mass is 10.1. The number of carboxylic acids is 2. The number of carboxylic acid groups (broad SMARTS) is 2. The van der Waals surface area contributed by atoms with E-state index in [0.717, 1.165) is 0 Å². The summed E-state index contributed by atoms with van der Waals surface area (Å²) in [4.78, 5) is 30.7. The van der Waals surface area contributed by atoms with Crippen LogP contribution in [0.4, 0.5) is 27.8 Å². The fraction of sp³-hybridized carbons (Fsp3) is 0.222. The van der Waals surface area contributed by atoms with Crippen molar-refractivity contribution in [3.8, 4) is 0 Å². The lowest BCUT2D eigenvalue weighted by molar-refractivity contribution is -0.384. The largest absolute Gasteiger partial charge is 0.480 e. The van der Waals surface area contributed by atoms with Crippen molar-refractivity contribution in [3.05, 3.63) is 75.1 Å². The van der Waals surface area contributed by atoms with E-state index in [9.17, 15) is 41.8 Å². The molecule has 0 radical (unpaired) electrons. The Bertz CT molecular complexity index is 974. The third kappa shape index (κ3) is 7.55. The maximum atomic E-state index is 13.1. The van der Waals surface area contributed by atoms with Gasteiger partial charge in [0.1, 0.15) is 6.04 Å². The van der Waals surface area contributed by atoms with Crippen LogP contribution in [0.3, 0.4) is 0 Å². The predicted molar refractivity (Wildman–Crippen MR) is 97.9 cm³/mol. The van der Waals surface area contributed by atoms with Gasteiger partial charge in [-0.1, -0.05) is 18.2 Å². The van der Waals surface area contributed by atoms with Crippen molar-refractivity contribution in [1.82, 2.24) is 5.34 Å². The van der Waals surface area contributed by atoms with Crippen LogP contribution in [0.5, 0.6) is 0 Å². The van der Waals surface area contributed by atoms with Gasteiger partial charge in [-0.05, 0) is 23.6 Å². The number of carbonyl (C=O) groups is 2. The molecule has 0 aliphatic carbocycles. The number of benzene rings is 2. The van der Waals surface area contributed by atoms with Gasteiger partial charge < -0.3 is 15.9 Å². The van der Waals surface area contributed by atoms with Crippen molar-refractivity contribution >= 4 is 17.6 Å². The molecule has 4 N–H and O–H groups in total. The predicted octanol–water partition coefficient (Wildman–Crippen LogP) is 2.72. The van der Waals surface area contributed by atoms with E-state index in [0.29, 0.717) is 17.7 Å². The number of aliphatic carboxylic acids is 2. The van der Waals surface area contributed by atoms with Crippen LogP contribution in [-0.4, -0.2) is 44.5 Å². The van der Waals surface area contributed by atoms with E-state index in [2.05, 4.69) is 0 Å². The number of nitrogens with zero attached hydrogens (tertiary/aromatic N) is 2. The Morgan fingerprint density at radius 1 is 0.969 bits per heavy atom.